The average molecular weight is 366 g/mol. The van der Waals surface area contributed by atoms with Gasteiger partial charge in [0.1, 0.15) is 11.1 Å². The molecule has 1 amide bonds. The summed E-state index contributed by atoms with van der Waals surface area (Å²) < 4.78 is 25.1. The Labute approximate surface area is 144 Å². The Bertz CT molecular complexity index is 849. The van der Waals surface area contributed by atoms with Crippen LogP contribution in [0.15, 0.2) is 35.5 Å². The molecule has 0 radical (unpaired) electrons. The lowest BCUT2D eigenvalue weighted by molar-refractivity contribution is -0.117. The maximum absolute atomic E-state index is 11.8. The highest BCUT2D eigenvalue weighted by atomic mass is 32.2. The zero-order valence-corrected chi connectivity index (χ0v) is 14.8. The van der Waals surface area contributed by atoms with Crippen molar-refractivity contribution in [1.82, 2.24) is 14.8 Å². The van der Waals surface area contributed by atoms with Gasteiger partial charge < -0.3 is 10.3 Å². The lowest BCUT2D eigenvalue weighted by Gasteiger charge is -2.13. The van der Waals surface area contributed by atoms with Crippen LogP contribution in [0, 0.1) is 0 Å². The molecule has 1 saturated heterocycles. The van der Waals surface area contributed by atoms with Gasteiger partial charge in [-0.25, -0.2) is 8.42 Å². The van der Waals surface area contributed by atoms with E-state index in [4.69, 9.17) is 5.73 Å². The highest BCUT2D eigenvalue weighted by Gasteiger charge is 2.33. The van der Waals surface area contributed by atoms with Crippen LogP contribution in [0.4, 0.5) is 0 Å². The van der Waals surface area contributed by atoms with Crippen molar-refractivity contribution >= 4 is 27.5 Å². The lowest BCUT2D eigenvalue weighted by atomic mass is 10.1. The van der Waals surface area contributed by atoms with Gasteiger partial charge in [-0.1, -0.05) is 42.1 Å². The van der Waals surface area contributed by atoms with Crippen LogP contribution in [0.1, 0.15) is 29.0 Å². The van der Waals surface area contributed by atoms with E-state index in [1.807, 2.05) is 30.3 Å². The molecule has 2 aromatic rings. The number of amides is 1. The first-order valence-corrected chi connectivity index (χ1v) is 10.2. The van der Waals surface area contributed by atoms with Crippen LogP contribution in [-0.2, 0) is 21.7 Å². The number of nitrogens with zero attached hydrogens (tertiary/aromatic N) is 3. The van der Waals surface area contributed by atoms with E-state index in [-0.39, 0.29) is 17.4 Å². The Hall–Kier alpha value is -1.87. The minimum Gasteiger partial charge on any atom is -0.368 e. The third kappa shape index (κ3) is 3.46. The van der Waals surface area contributed by atoms with Gasteiger partial charge in [0.05, 0.1) is 11.5 Å². The summed E-state index contributed by atoms with van der Waals surface area (Å²) in [4.78, 5) is 11.8. The molecule has 0 saturated carbocycles. The van der Waals surface area contributed by atoms with Gasteiger partial charge in [-0.15, -0.1) is 10.2 Å². The predicted octanol–water partition coefficient (Wildman–Crippen LogP) is 1.04. The molecule has 1 aromatic heterocycles. The van der Waals surface area contributed by atoms with E-state index in [0.717, 1.165) is 5.56 Å². The molecule has 2 heterocycles. The maximum atomic E-state index is 11.8. The number of carbonyl (C=O) groups excluding carboxylic acids is 1. The number of sulfone groups is 1. The fraction of sp³-hybridized carbons (Fsp3) is 0.400. The van der Waals surface area contributed by atoms with Gasteiger partial charge in [0, 0.05) is 13.0 Å². The summed E-state index contributed by atoms with van der Waals surface area (Å²) >= 11 is 1.22. The van der Waals surface area contributed by atoms with E-state index in [1.54, 1.807) is 11.6 Å². The van der Waals surface area contributed by atoms with Crippen LogP contribution in [-0.4, -0.2) is 40.6 Å². The van der Waals surface area contributed by atoms with E-state index in [2.05, 4.69) is 10.2 Å². The summed E-state index contributed by atoms with van der Waals surface area (Å²) in [6.45, 7) is 0. The number of hydrogen-bond donors (Lipinski definition) is 1. The Morgan fingerprint density at radius 2 is 2.04 bits per heavy atom. The smallest absolute Gasteiger partial charge is 0.235 e. The van der Waals surface area contributed by atoms with Crippen LogP contribution in [0.25, 0.3) is 0 Å². The van der Waals surface area contributed by atoms with Crippen molar-refractivity contribution in [2.24, 2.45) is 12.8 Å². The summed E-state index contributed by atoms with van der Waals surface area (Å²) in [5, 5.41) is 8.24. The van der Waals surface area contributed by atoms with Gasteiger partial charge in [-0.2, -0.15) is 0 Å². The monoisotopic (exact) mass is 366 g/mol. The standard InChI is InChI=1S/C15H18N4O3S2/c1-19-14(11-7-8-24(21,22)9-11)17-18-15(19)23-12(13(16)20)10-5-3-2-4-6-10/h2-6,11-12H,7-9H2,1H3,(H2,16,20). The van der Waals surface area contributed by atoms with Gasteiger partial charge in [0.2, 0.25) is 5.91 Å². The molecule has 3 rings (SSSR count). The van der Waals surface area contributed by atoms with Crippen LogP contribution in [0.2, 0.25) is 0 Å². The van der Waals surface area contributed by atoms with E-state index < -0.39 is 21.0 Å². The van der Waals surface area contributed by atoms with Crippen molar-refractivity contribution in [3.8, 4) is 0 Å². The first-order chi connectivity index (χ1) is 11.4. The number of aromatic nitrogens is 3. The number of rotatable bonds is 5. The molecule has 7 nitrogen and oxygen atoms in total. The van der Waals surface area contributed by atoms with E-state index in [1.165, 1.54) is 11.8 Å². The van der Waals surface area contributed by atoms with Crippen molar-refractivity contribution in [1.29, 1.82) is 0 Å². The molecule has 0 aliphatic carbocycles. The third-order valence-electron chi connectivity index (χ3n) is 4.05. The number of carbonyl (C=O) groups is 1. The SMILES string of the molecule is Cn1c(SC(C(N)=O)c2ccccc2)nnc1C1CCS(=O)(=O)C1. The molecule has 1 fully saturated rings. The fourth-order valence-electron chi connectivity index (χ4n) is 2.81. The van der Waals surface area contributed by atoms with Crippen LogP contribution in [0.5, 0.6) is 0 Å². The molecule has 1 aromatic carbocycles. The summed E-state index contributed by atoms with van der Waals surface area (Å²) in [6.07, 6.45) is 0.552. The second kappa shape index (κ2) is 6.56. The first kappa shape index (κ1) is 17.0. The second-order valence-corrected chi connectivity index (χ2v) is 9.11. The van der Waals surface area contributed by atoms with E-state index in [9.17, 15) is 13.2 Å². The van der Waals surface area contributed by atoms with Crippen molar-refractivity contribution in [2.75, 3.05) is 11.5 Å². The van der Waals surface area contributed by atoms with Gasteiger partial charge in [-0.3, -0.25) is 4.79 Å². The molecule has 2 atom stereocenters. The van der Waals surface area contributed by atoms with Crippen LogP contribution in [0.3, 0.4) is 0 Å². The minimum atomic E-state index is -2.99. The largest absolute Gasteiger partial charge is 0.368 e. The van der Waals surface area contributed by atoms with Crippen LogP contribution < -0.4 is 5.73 Å². The van der Waals surface area contributed by atoms with Crippen molar-refractivity contribution in [2.45, 2.75) is 22.7 Å². The highest BCUT2D eigenvalue weighted by molar-refractivity contribution is 8.00. The molecule has 0 spiro atoms. The molecule has 2 N–H and O–H groups in total. The number of benzene rings is 1. The zero-order chi connectivity index (χ0) is 17.3. The molecule has 0 bridgehead atoms. The normalized spacial score (nSPS) is 20.8. The first-order valence-electron chi connectivity index (χ1n) is 7.48. The molecule has 1 aliphatic rings. The molecular weight excluding hydrogens is 348 g/mol. The fourth-order valence-corrected chi connectivity index (χ4v) is 5.51. The highest BCUT2D eigenvalue weighted by Crippen LogP contribution is 2.36. The topological polar surface area (TPSA) is 108 Å². The summed E-state index contributed by atoms with van der Waals surface area (Å²) in [5.41, 5.74) is 6.33. The van der Waals surface area contributed by atoms with Crippen molar-refractivity contribution in [3.05, 3.63) is 41.7 Å². The molecule has 128 valence electrons. The van der Waals surface area contributed by atoms with Crippen molar-refractivity contribution < 1.29 is 13.2 Å². The predicted molar refractivity (Wildman–Crippen MR) is 91.2 cm³/mol. The number of primary amides is 1. The van der Waals surface area contributed by atoms with Gasteiger partial charge in [0.25, 0.3) is 0 Å². The third-order valence-corrected chi connectivity index (χ3v) is 7.12. The minimum absolute atomic E-state index is 0.0988. The Morgan fingerprint density at radius 3 is 2.62 bits per heavy atom. The number of thioether (sulfide) groups is 1. The van der Waals surface area contributed by atoms with Gasteiger partial charge in [0.15, 0.2) is 15.0 Å². The molecule has 9 heteroatoms. The van der Waals surface area contributed by atoms with Crippen LogP contribution >= 0.6 is 11.8 Å². The summed E-state index contributed by atoms with van der Waals surface area (Å²) in [5.74, 6) is 0.308. The van der Waals surface area contributed by atoms with E-state index >= 15 is 0 Å². The van der Waals surface area contributed by atoms with E-state index in [0.29, 0.717) is 17.4 Å². The zero-order valence-electron chi connectivity index (χ0n) is 13.1. The lowest BCUT2D eigenvalue weighted by Crippen LogP contribution is -2.19. The van der Waals surface area contributed by atoms with Gasteiger partial charge in [-0.05, 0) is 12.0 Å². The molecule has 24 heavy (non-hydrogen) atoms. The molecular formula is C15H18N4O3S2. The molecule has 2 unspecified atom stereocenters. The Morgan fingerprint density at radius 1 is 1.33 bits per heavy atom. The maximum Gasteiger partial charge on any atom is 0.235 e. The number of hydrogen-bond acceptors (Lipinski definition) is 6. The summed E-state index contributed by atoms with van der Waals surface area (Å²) in [6, 6.07) is 9.23. The Balaban J connectivity index is 1.84. The van der Waals surface area contributed by atoms with Gasteiger partial charge >= 0.3 is 0 Å². The second-order valence-electron chi connectivity index (χ2n) is 5.81. The van der Waals surface area contributed by atoms with Crippen molar-refractivity contribution in [3.63, 3.8) is 0 Å². The molecule has 1 aliphatic heterocycles. The summed E-state index contributed by atoms with van der Waals surface area (Å²) in [7, 11) is -1.21. The average Bonchev–Trinajstić information content (AvgIpc) is 3.08. The quantitative estimate of drug-likeness (QED) is 0.792. The number of nitrogens with two attached hydrogens (primary N) is 1. The Kier molecular flexibility index (Phi) is 4.64.